The van der Waals surface area contributed by atoms with Gasteiger partial charge in [0.15, 0.2) is 0 Å². The highest BCUT2D eigenvalue weighted by molar-refractivity contribution is 5.82. The number of hydrogen-bond donors (Lipinski definition) is 1. The fourth-order valence-electron chi connectivity index (χ4n) is 3.79. The van der Waals surface area contributed by atoms with E-state index < -0.39 is 0 Å². The van der Waals surface area contributed by atoms with Gasteiger partial charge < -0.3 is 15.1 Å². The van der Waals surface area contributed by atoms with Gasteiger partial charge in [-0.1, -0.05) is 27.7 Å². The van der Waals surface area contributed by atoms with E-state index in [1.165, 1.54) is 12.8 Å². The molecule has 0 aliphatic carbocycles. The molecule has 0 bridgehead atoms. The maximum absolute atomic E-state index is 12.3. The second kappa shape index (κ2) is 8.32. The van der Waals surface area contributed by atoms with Gasteiger partial charge in [-0.05, 0) is 38.1 Å². The van der Waals surface area contributed by atoms with Crippen molar-refractivity contribution >= 4 is 11.8 Å². The maximum Gasteiger partial charge on any atom is 0.227 e. The Kier molecular flexibility index (Phi) is 6.67. The molecule has 5 heteroatoms. The summed E-state index contributed by atoms with van der Waals surface area (Å²) >= 11 is 0. The molecule has 0 radical (unpaired) electrons. The molecule has 138 valence electrons. The molecule has 2 saturated heterocycles. The highest BCUT2D eigenvalue weighted by atomic mass is 16.2. The average Bonchev–Trinajstić information content (AvgIpc) is 2.53. The van der Waals surface area contributed by atoms with E-state index in [0.717, 1.165) is 44.9 Å². The van der Waals surface area contributed by atoms with Crippen LogP contribution in [-0.4, -0.2) is 60.9 Å². The zero-order valence-corrected chi connectivity index (χ0v) is 15.9. The second-order valence-electron chi connectivity index (χ2n) is 8.66. The van der Waals surface area contributed by atoms with Gasteiger partial charge in [0.25, 0.3) is 0 Å². The van der Waals surface area contributed by atoms with Crippen LogP contribution in [0.2, 0.25) is 0 Å². The number of hydrogen-bond acceptors (Lipinski definition) is 3. The average molecular weight is 338 g/mol. The van der Waals surface area contributed by atoms with Crippen molar-refractivity contribution in [1.29, 1.82) is 0 Å². The lowest BCUT2D eigenvalue weighted by Gasteiger charge is -2.35. The normalized spacial score (nSPS) is 24.0. The van der Waals surface area contributed by atoms with Gasteiger partial charge in [0.2, 0.25) is 11.8 Å². The van der Waals surface area contributed by atoms with Crippen molar-refractivity contribution in [2.45, 2.75) is 53.4 Å². The summed E-state index contributed by atoms with van der Waals surface area (Å²) in [5.74, 6) is 1.21. The third-order valence-corrected chi connectivity index (χ3v) is 5.26. The molecule has 2 fully saturated rings. The van der Waals surface area contributed by atoms with E-state index in [1.54, 1.807) is 0 Å². The number of rotatable bonds is 4. The van der Waals surface area contributed by atoms with Gasteiger partial charge >= 0.3 is 0 Å². The Morgan fingerprint density at radius 2 is 1.75 bits per heavy atom. The number of amides is 2. The molecule has 2 rings (SSSR count). The van der Waals surface area contributed by atoms with Crippen molar-refractivity contribution in [3.05, 3.63) is 0 Å². The Hall–Kier alpha value is -1.10. The molecule has 0 aromatic heterocycles. The Bertz CT molecular complexity index is 436. The fourth-order valence-corrected chi connectivity index (χ4v) is 3.79. The largest absolute Gasteiger partial charge is 0.355 e. The molecule has 2 heterocycles. The van der Waals surface area contributed by atoms with Gasteiger partial charge in [-0.25, -0.2) is 0 Å². The summed E-state index contributed by atoms with van der Waals surface area (Å²) in [6.07, 6.45) is 4.17. The zero-order valence-electron chi connectivity index (χ0n) is 15.9. The van der Waals surface area contributed by atoms with Crippen LogP contribution in [0.3, 0.4) is 0 Å². The smallest absolute Gasteiger partial charge is 0.227 e. The van der Waals surface area contributed by atoms with E-state index in [2.05, 4.69) is 17.1 Å². The van der Waals surface area contributed by atoms with E-state index in [4.69, 9.17) is 0 Å². The minimum Gasteiger partial charge on any atom is -0.355 e. The Labute approximate surface area is 147 Å². The first kappa shape index (κ1) is 19.2. The summed E-state index contributed by atoms with van der Waals surface area (Å²) in [5, 5.41) is 3.10. The molecule has 1 unspecified atom stereocenters. The second-order valence-corrected chi connectivity index (χ2v) is 8.66. The van der Waals surface area contributed by atoms with Crippen molar-refractivity contribution in [3.8, 4) is 0 Å². The summed E-state index contributed by atoms with van der Waals surface area (Å²) in [5.41, 5.74) is -0.333. The Balaban J connectivity index is 1.66. The fraction of sp³-hybridized carbons (Fsp3) is 0.895. The minimum atomic E-state index is -0.333. The molecule has 1 atom stereocenters. The molecule has 2 amide bonds. The predicted octanol–water partition coefficient (Wildman–Crippen LogP) is 2.12. The van der Waals surface area contributed by atoms with Crippen molar-refractivity contribution < 1.29 is 9.59 Å². The lowest BCUT2D eigenvalue weighted by atomic mass is 9.90. The highest BCUT2D eigenvalue weighted by Gasteiger charge is 2.32. The minimum absolute atomic E-state index is 0.0642. The van der Waals surface area contributed by atoms with Crippen LogP contribution in [0.15, 0.2) is 0 Å². The van der Waals surface area contributed by atoms with Crippen LogP contribution in [0.1, 0.15) is 53.4 Å². The SMILES string of the molecule is CC1CCCN(CCNC(=O)C2CCN(C(=O)C(C)(C)C)CC2)C1. The first-order valence-corrected chi connectivity index (χ1v) is 9.57. The Morgan fingerprint density at radius 3 is 2.33 bits per heavy atom. The number of carbonyl (C=O) groups is 2. The molecule has 0 aromatic rings. The van der Waals surface area contributed by atoms with Crippen LogP contribution in [0.25, 0.3) is 0 Å². The summed E-state index contributed by atoms with van der Waals surface area (Å²) < 4.78 is 0. The third kappa shape index (κ3) is 5.47. The van der Waals surface area contributed by atoms with Gasteiger partial charge in [-0.2, -0.15) is 0 Å². The first-order chi connectivity index (χ1) is 11.3. The van der Waals surface area contributed by atoms with Gasteiger partial charge in [0.1, 0.15) is 0 Å². The van der Waals surface area contributed by atoms with Crippen LogP contribution in [0.4, 0.5) is 0 Å². The van der Waals surface area contributed by atoms with Gasteiger partial charge in [0, 0.05) is 44.1 Å². The van der Waals surface area contributed by atoms with Crippen LogP contribution < -0.4 is 5.32 Å². The number of piperidine rings is 2. The predicted molar refractivity (Wildman–Crippen MR) is 96.6 cm³/mol. The van der Waals surface area contributed by atoms with Crippen molar-refractivity contribution in [2.24, 2.45) is 17.3 Å². The van der Waals surface area contributed by atoms with Crippen LogP contribution in [-0.2, 0) is 9.59 Å². The molecule has 2 aliphatic heterocycles. The summed E-state index contributed by atoms with van der Waals surface area (Å²) in [6.45, 7) is 13.6. The van der Waals surface area contributed by atoms with Crippen LogP contribution >= 0.6 is 0 Å². The lowest BCUT2D eigenvalue weighted by Crippen LogP contribution is -2.47. The number of carbonyl (C=O) groups excluding carboxylic acids is 2. The summed E-state index contributed by atoms with van der Waals surface area (Å²) in [4.78, 5) is 29.0. The standard InChI is InChI=1S/C19H35N3O2/c1-15-6-5-10-21(14-15)13-9-20-17(23)16-7-11-22(12-8-16)18(24)19(2,3)4/h15-16H,5-14H2,1-4H3,(H,20,23). The van der Waals surface area contributed by atoms with Crippen molar-refractivity contribution in [3.63, 3.8) is 0 Å². The maximum atomic E-state index is 12.3. The molecule has 0 aromatic carbocycles. The highest BCUT2D eigenvalue weighted by Crippen LogP contribution is 2.23. The first-order valence-electron chi connectivity index (χ1n) is 9.57. The molecule has 0 saturated carbocycles. The summed E-state index contributed by atoms with van der Waals surface area (Å²) in [7, 11) is 0. The molecule has 0 spiro atoms. The topological polar surface area (TPSA) is 52.7 Å². The Morgan fingerprint density at radius 1 is 1.08 bits per heavy atom. The van der Waals surface area contributed by atoms with E-state index >= 15 is 0 Å². The van der Waals surface area contributed by atoms with Crippen LogP contribution in [0.5, 0.6) is 0 Å². The number of likely N-dealkylation sites (tertiary alicyclic amines) is 2. The summed E-state index contributed by atoms with van der Waals surface area (Å²) in [6, 6.07) is 0. The monoisotopic (exact) mass is 337 g/mol. The van der Waals surface area contributed by atoms with E-state index in [1.807, 2.05) is 25.7 Å². The number of nitrogens with zero attached hydrogens (tertiary/aromatic N) is 2. The molecule has 5 nitrogen and oxygen atoms in total. The quantitative estimate of drug-likeness (QED) is 0.855. The lowest BCUT2D eigenvalue weighted by molar-refractivity contribution is -0.142. The van der Waals surface area contributed by atoms with Crippen molar-refractivity contribution in [2.75, 3.05) is 39.3 Å². The molecular formula is C19H35N3O2. The van der Waals surface area contributed by atoms with Crippen molar-refractivity contribution in [1.82, 2.24) is 15.1 Å². The van der Waals surface area contributed by atoms with E-state index in [0.29, 0.717) is 13.1 Å². The van der Waals surface area contributed by atoms with Gasteiger partial charge in [-0.3, -0.25) is 9.59 Å². The van der Waals surface area contributed by atoms with Gasteiger partial charge in [-0.15, -0.1) is 0 Å². The van der Waals surface area contributed by atoms with E-state index in [9.17, 15) is 9.59 Å². The van der Waals surface area contributed by atoms with E-state index in [-0.39, 0.29) is 23.1 Å². The molecule has 24 heavy (non-hydrogen) atoms. The zero-order chi connectivity index (χ0) is 17.7. The van der Waals surface area contributed by atoms with Gasteiger partial charge in [0.05, 0.1) is 0 Å². The van der Waals surface area contributed by atoms with Crippen LogP contribution in [0, 0.1) is 17.3 Å². The molecular weight excluding hydrogens is 302 g/mol. The third-order valence-electron chi connectivity index (χ3n) is 5.26. The molecule has 2 aliphatic rings. The number of nitrogens with one attached hydrogen (secondary N) is 1. The molecule has 1 N–H and O–H groups in total.